The van der Waals surface area contributed by atoms with Crippen molar-refractivity contribution in [2.75, 3.05) is 5.32 Å². The van der Waals surface area contributed by atoms with Crippen molar-refractivity contribution in [3.05, 3.63) is 64.7 Å². The summed E-state index contributed by atoms with van der Waals surface area (Å²) in [4.78, 5) is 23.9. The number of amides is 1. The minimum Gasteiger partial charge on any atom is -0.325 e. The average molecular weight is 267 g/mol. The largest absolute Gasteiger partial charge is 0.325 e. The lowest BCUT2D eigenvalue weighted by Crippen LogP contribution is -2.13. The normalized spacial score (nSPS) is 10.2. The molecule has 0 spiro atoms. The van der Waals surface area contributed by atoms with Crippen LogP contribution in [0.15, 0.2) is 42.5 Å². The van der Waals surface area contributed by atoms with Gasteiger partial charge < -0.3 is 5.32 Å². The van der Waals surface area contributed by atoms with E-state index in [1.165, 1.54) is 6.92 Å². The van der Waals surface area contributed by atoms with Gasteiger partial charge in [-0.25, -0.2) is 0 Å². The molecule has 0 aliphatic rings. The highest BCUT2D eigenvalue weighted by Crippen LogP contribution is 2.25. The third-order valence-corrected chi connectivity index (χ3v) is 3.06. The van der Waals surface area contributed by atoms with Gasteiger partial charge in [0, 0.05) is 18.1 Å². The predicted molar refractivity (Wildman–Crippen MR) is 80.1 cm³/mol. The molecule has 2 aromatic carbocycles. The fourth-order valence-electron chi connectivity index (χ4n) is 2.23. The molecule has 102 valence electrons. The Kier molecular flexibility index (Phi) is 3.99. The van der Waals surface area contributed by atoms with Gasteiger partial charge in [0.25, 0.3) is 0 Å². The second kappa shape index (κ2) is 5.70. The molecular formula is C17H17NO2. The predicted octanol–water partition coefficient (Wildman–Crippen LogP) is 3.49. The van der Waals surface area contributed by atoms with Gasteiger partial charge in [0.2, 0.25) is 5.91 Å². The van der Waals surface area contributed by atoms with Gasteiger partial charge in [-0.15, -0.1) is 0 Å². The molecule has 0 aromatic heterocycles. The maximum absolute atomic E-state index is 12.6. The summed E-state index contributed by atoms with van der Waals surface area (Å²) in [7, 11) is 0. The van der Waals surface area contributed by atoms with Crippen molar-refractivity contribution in [2.45, 2.75) is 20.8 Å². The Morgan fingerprint density at radius 2 is 1.65 bits per heavy atom. The first-order valence-corrected chi connectivity index (χ1v) is 6.47. The Balaban J connectivity index is 2.55. The van der Waals surface area contributed by atoms with E-state index in [1.807, 2.05) is 44.2 Å². The van der Waals surface area contributed by atoms with Crippen molar-refractivity contribution < 1.29 is 9.59 Å². The van der Waals surface area contributed by atoms with Crippen molar-refractivity contribution in [3.8, 4) is 0 Å². The second-order valence-corrected chi connectivity index (χ2v) is 4.88. The van der Waals surface area contributed by atoms with Gasteiger partial charge in [-0.2, -0.15) is 0 Å². The summed E-state index contributed by atoms with van der Waals surface area (Å²) in [6, 6.07) is 12.8. The number of nitrogens with one attached hydrogen (secondary N) is 1. The molecule has 0 atom stereocenters. The van der Waals surface area contributed by atoms with E-state index >= 15 is 0 Å². The Hall–Kier alpha value is -2.42. The Bertz CT molecular complexity index is 660. The van der Waals surface area contributed by atoms with Gasteiger partial charge in [0.15, 0.2) is 5.78 Å². The van der Waals surface area contributed by atoms with E-state index < -0.39 is 0 Å². The molecule has 1 amide bonds. The van der Waals surface area contributed by atoms with Gasteiger partial charge in [0.1, 0.15) is 0 Å². The highest BCUT2D eigenvalue weighted by Gasteiger charge is 2.16. The second-order valence-electron chi connectivity index (χ2n) is 4.88. The first-order valence-electron chi connectivity index (χ1n) is 6.47. The molecule has 0 saturated carbocycles. The Morgan fingerprint density at radius 3 is 2.25 bits per heavy atom. The number of carbonyl (C=O) groups excluding carboxylic acids is 2. The number of hydrogen-bond donors (Lipinski definition) is 1. The zero-order chi connectivity index (χ0) is 14.7. The van der Waals surface area contributed by atoms with Crippen LogP contribution in [0.3, 0.4) is 0 Å². The van der Waals surface area contributed by atoms with Crippen LogP contribution in [0, 0.1) is 13.8 Å². The fourth-order valence-corrected chi connectivity index (χ4v) is 2.23. The van der Waals surface area contributed by atoms with Crippen molar-refractivity contribution in [2.24, 2.45) is 0 Å². The van der Waals surface area contributed by atoms with Crippen LogP contribution in [0.4, 0.5) is 5.69 Å². The van der Waals surface area contributed by atoms with E-state index in [0.717, 1.165) is 11.1 Å². The summed E-state index contributed by atoms with van der Waals surface area (Å²) in [6.45, 7) is 5.27. The Labute approximate surface area is 118 Å². The quantitative estimate of drug-likeness (QED) is 0.865. The van der Waals surface area contributed by atoms with Crippen LogP contribution in [-0.4, -0.2) is 11.7 Å². The number of anilines is 1. The van der Waals surface area contributed by atoms with Gasteiger partial charge >= 0.3 is 0 Å². The smallest absolute Gasteiger partial charge is 0.221 e. The minimum atomic E-state index is -0.181. The van der Waals surface area contributed by atoms with E-state index in [9.17, 15) is 9.59 Å². The van der Waals surface area contributed by atoms with Crippen LogP contribution < -0.4 is 5.32 Å². The van der Waals surface area contributed by atoms with Gasteiger partial charge in [-0.3, -0.25) is 9.59 Å². The lowest BCUT2D eigenvalue weighted by atomic mass is 9.97. The summed E-state index contributed by atoms with van der Waals surface area (Å²) in [5.74, 6) is -0.264. The molecule has 3 nitrogen and oxygen atoms in total. The Morgan fingerprint density at radius 1 is 1.00 bits per heavy atom. The van der Waals surface area contributed by atoms with Crippen LogP contribution in [0.2, 0.25) is 0 Å². The van der Waals surface area contributed by atoms with Crippen LogP contribution in [0.5, 0.6) is 0 Å². The standard InChI is InChI=1S/C17H17NO2/c1-11-9-12(2)16(18-13(3)19)15(10-11)17(20)14-7-5-4-6-8-14/h4-10H,1-3H3,(H,18,19). The fraction of sp³-hybridized carbons (Fsp3) is 0.176. The summed E-state index contributed by atoms with van der Waals surface area (Å²) in [5.41, 5.74) is 3.63. The zero-order valence-corrected chi connectivity index (χ0v) is 11.9. The molecular weight excluding hydrogens is 250 g/mol. The SMILES string of the molecule is CC(=O)Nc1c(C)cc(C)cc1C(=O)c1ccccc1. The third kappa shape index (κ3) is 2.94. The van der Waals surface area contributed by atoms with E-state index in [-0.39, 0.29) is 11.7 Å². The van der Waals surface area contributed by atoms with E-state index in [1.54, 1.807) is 12.1 Å². The van der Waals surface area contributed by atoms with Crippen molar-refractivity contribution in [3.63, 3.8) is 0 Å². The lowest BCUT2D eigenvalue weighted by Gasteiger charge is -2.13. The summed E-state index contributed by atoms with van der Waals surface area (Å²) in [5, 5.41) is 2.76. The maximum atomic E-state index is 12.6. The van der Waals surface area contributed by atoms with Crippen LogP contribution in [0.1, 0.15) is 34.0 Å². The highest BCUT2D eigenvalue weighted by molar-refractivity contribution is 6.14. The van der Waals surface area contributed by atoms with E-state index in [4.69, 9.17) is 0 Å². The van der Waals surface area contributed by atoms with Crippen molar-refractivity contribution in [1.82, 2.24) is 0 Å². The maximum Gasteiger partial charge on any atom is 0.221 e. The topological polar surface area (TPSA) is 46.2 Å². The molecule has 3 heteroatoms. The number of ketones is 1. The molecule has 0 radical (unpaired) electrons. The molecule has 0 heterocycles. The van der Waals surface area contributed by atoms with Gasteiger partial charge in [0.05, 0.1) is 5.69 Å². The first-order chi connectivity index (χ1) is 9.49. The van der Waals surface area contributed by atoms with Gasteiger partial charge in [-0.05, 0) is 31.0 Å². The number of carbonyl (C=O) groups is 2. The first kappa shape index (κ1) is 14.0. The van der Waals surface area contributed by atoms with Crippen LogP contribution in [0.25, 0.3) is 0 Å². The third-order valence-electron chi connectivity index (χ3n) is 3.06. The molecule has 0 bridgehead atoms. The van der Waals surface area contributed by atoms with Gasteiger partial charge in [-0.1, -0.05) is 36.4 Å². The van der Waals surface area contributed by atoms with Crippen LogP contribution in [-0.2, 0) is 4.79 Å². The number of aryl methyl sites for hydroxylation is 2. The van der Waals surface area contributed by atoms with E-state index in [2.05, 4.69) is 5.32 Å². The van der Waals surface area contributed by atoms with E-state index in [0.29, 0.717) is 16.8 Å². The zero-order valence-electron chi connectivity index (χ0n) is 11.9. The molecule has 2 aromatic rings. The van der Waals surface area contributed by atoms with Crippen molar-refractivity contribution in [1.29, 1.82) is 0 Å². The van der Waals surface area contributed by atoms with Crippen LogP contribution >= 0.6 is 0 Å². The number of hydrogen-bond acceptors (Lipinski definition) is 2. The summed E-state index contributed by atoms with van der Waals surface area (Å²) < 4.78 is 0. The molecule has 1 N–H and O–H groups in total. The molecule has 0 aliphatic heterocycles. The lowest BCUT2D eigenvalue weighted by molar-refractivity contribution is -0.114. The highest BCUT2D eigenvalue weighted by atomic mass is 16.1. The minimum absolute atomic E-state index is 0.0823. The van der Waals surface area contributed by atoms with Crippen molar-refractivity contribution >= 4 is 17.4 Å². The molecule has 0 fully saturated rings. The monoisotopic (exact) mass is 267 g/mol. The molecule has 0 saturated heterocycles. The summed E-state index contributed by atoms with van der Waals surface area (Å²) in [6.07, 6.45) is 0. The molecule has 0 aliphatic carbocycles. The molecule has 0 unspecified atom stereocenters. The molecule has 2 rings (SSSR count). The number of rotatable bonds is 3. The summed E-state index contributed by atoms with van der Waals surface area (Å²) >= 11 is 0. The average Bonchev–Trinajstić information content (AvgIpc) is 2.41. The number of benzene rings is 2. The molecule has 20 heavy (non-hydrogen) atoms.